The Bertz CT molecular complexity index is 849. The standard InChI is InChI=1S/C15H14N2O2S/c1-8-9(2)20-15-12(8)14(18)16-13(17-15)10-5-4-6-11(7-10)19-3/h4-7H,1-3H3,(H,16,17,18). The predicted octanol–water partition coefficient (Wildman–Crippen LogP) is 3.28. The molecule has 0 spiro atoms. The molecule has 2 aromatic heterocycles. The van der Waals surface area contributed by atoms with Crippen LogP contribution in [0.2, 0.25) is 0 Å². The summed E-state index contributed by atoms with van der Waals surface area (Å²) >= 11 is 1.55. The van der Waals surface area contributed by atoms with Crippen molar-refractivity contribution in [2.24, 2.45) is 0 Å². The van der Waals surface area contributed by atoms with Gasteiger partial charge in [-0.2, -0.15) is 0 Å². The number of rotatable bonds is 2. The van der Waals surface area contributed by atoms with E-state index in [0.29, 0.717) is 11.2 Å². The van der Waals surface area contributed by atoms with Crippen LogP contribution in [0.25, 0.3) is 21.6 Å². The number of fused-ring (bicyclic) bond motifs is 1. The summed E-state index contributed by atoms with van der Waals surface area (Å²) in [6.07, 6.45) is 0. The van der Waals surface area contributed by atoms with Crippen LogP contribution in [0.4, 0.5) is 0 Å². The molecule has 3 rings (SSSR count). The summed E-state index contributed by atoms with van der Waals surface area (Å²) in [5, 5.41) is 0.694. The molecule has 102 valence electrons. The zero-order valence-corrected chi connectivity index (χ0v) is 12.3. The van der Waals surface area contributed by atoms with Gasteiger partial charge in [-0.15, -0.1) is 11.3 Å². The molecule has 0 saturated carbocycles. The van der Waals surface area contributed by atoms with Crippen LogP contribution in [0.15, 0.2) is 29.1 Å². The summed E-state index contributed by atoms with van der Waals surface area (Å²) in [6, 6.07) is 7.50. The summed E-state index contributed by atoms with van der Waals surface area (Å²) in [4.78, 5) is 21.6. The molecule has 0 radical (unpaired) electrons. The Morgan fingerprint density at radius 3 is 2.85 bits per heavy atom. The van der Waals surface area contributed by atoms with Gasteiger partial charge in [0.1, 0.15) is 16.4 Å². The van der Waals surface area contributed by atoms with Crippen LogP contribution in [-0.2, 0) is 0 Å². The monoisotopic (exact) mass is 286 g/mol. The second-order valence-corrected chi connectivity index (χ2v) is 5.81. The number of nitrogens with zero attached hydrogens (tertiary/aromatic N) is 1. The van der Waals surface area contributed by atoms with Gasteiger partial charge >= 0.3 is 0 Å². The lowest BCUT2D eigenvalue weighted by Crippen LogP contribution is -2.09. The molecular formula is C15H14N2O2S. The number of ether oxygens (including phenoxy) is 1. The number of nitrogens with one attached hydrogen (secondary N) is 1. The van der Waals surface area contributed by atoms with Crippen molar-refractivity contribution in [1.29, 1.82) is 0 Å². The molecule has 0 fully saturated rings. The van der Waals surface area contributed by atoms with Crippen LogP contribution in [-0.4, -0.2) is 17.1 Å². The molecule has 0 aliphatic rings. The topological polar surface area (TPSA) is 55.0 Å². The van der Waals surface area contributed by atoms with Gasteiger partial charge in [0.2, 0.25) is 0 Å². The lowest BCUT2D eigenvalue weighted by atomic mass is 10.2. The lowest BCUT2D eigenvalue weighted by molar-refractivity contribution is 0.415. The van der Waals surface area contributed by atoms with Gasteiger partial charge in [0, 0.05) is 10.4 Å². The number of aromatic amines is 1. The van der Waals surface area contributed by atoms with E-state index in [9.17, 15) is 4.79 Å². The van der Waals surface area contributed by atoms with Crippen LogP contribution in [0.5, 0.6) is 5.75 Å². The molecule has 0 aliphatic heterocycles. The zero-order valence-electron chi connectivity index (χ0n) is 11.5. The van der Waals surface area contributed by atoms with Crippen molar-refractivity contribution in [1.82, 2.24) is 9.97 Å². The average molecular weight is 286 g/mol. The van der Waals surface area contributed by atoms with Gasteiger partial charge in [0.15, 0.2) is 0 Å². The van der Waals surface area contributed by atoms with Gasteiger partial charge in [0.05, 0.1) is 12.5 Å². The molecule has 2 heterocycles. The van der Waals surface area contributed by atoms with E-state index in [0.717, 1.165) is 26.6 Å². The highest BCUT2D eigenvalue weighted by molar-refractivity contribution is 7.18. The predicted molar refractivity (Wildman–Crippen MR) is 81.7 cm³/mol. The minimum absolute atomic E-state index is 0.0883. The maximum absolute atomic E-state index is 12.2. The Hall–Kier alpha value is -2.14. The van der Waals surface area contributed by atoms with Gasteiger partial charge < -0.3 is 9.72 Å². The first kappa shape index (κ1) is 12.9. The van der Waals surface area contributed by atoms with Crippen LogP contribution < -0.4 is 10.3 Å². The van der Waals surface area contributed by atoms with E-state index in [1.807, 2.05) is 38.1 Å². The Labute approximate surface area is 120 Å². The lowest BCUT2D eigenvalue weighted by Gasteiger charge is -2.04. The first-order valence-electron chi connectivity index (χ1n) is 6.24. The molecule has 1 aromatic carbocycles. The fraction of sp³-hybridized carbons (Fsp3) is 0.200. The molecule has 0 saturated heterocycles. The Morgan fingerprint density at radius 1 is 1.30 bits per heavy atom. The smallest absolute Gasteiger partial charge is 0.260 e. The maximum atomic E-state index is 12.2. The van der Waals surface area contributed by atoms with E-state index in [-0.39, 0.29) is 5.56 Å². The van der Waals surface area contributed by atoms with Crippen molar-refractivity contribution in [3.8, 4) is 17.1 Å². The zero-order chi connectivity index (χ0) is 14.3. The van der Waals surface area contributed by atoms with Gasteiger partial charge in [0.25, 0.3) is 5.56 Å². The fourth-order valence-electron chi connectivity index (χ4n) is 2.16. The second-order valence-electron chi connectivity index (χ2n) is 4.61. The number of benzene rings is 1. The molecule has 0 unspecified atom stereocenters. The Kier molecular flexibility index (Phi) is 3.06. The molecule has 0 aliphatic carbocycles. The van der Waals surface area contributed by atoms with Crippen LogP contribution in [0, 0.1) is 13.8 Å². The minimum atomic E-state index is -0.0883. The highest BCUT2D eigenvalue weighted by Gasteiger charge is 2.12. The number of H-pyrrole nitrogens is 1. The summed E-state index contributed by atoms with van der Waals surface area (Å²) < 4.78 is 5.20. The van der Waals surface area contributed by atoms with Gasteiger partial charge in [-0.1, -0.05) is 12.1 Å². The van der Waals surface area contributed by atoms with Crippen molar-refractivity contribution >= 4 is 21.6 Å². The Morgan fingerprint density at radius 2 is 2.10 bits per heavy atom. The maximum Gasteiger partial charge on any atom is 0.260 e. The summed E-state index contributed by atoms with van der Waals surface area (Å²) in [7, 11) is 1.62. The summed E-state index contributed by atoms with van der Waals surface area (Å²) in [6.45, 7) is 3.96. The molecular weight excluding hydrogens is 272 g/mol. The van der Waals surface area contributed by atoms with E-state index in [1.54, 1.807) is 18.4 Å². The summed E-state index contributed by atoms with van der Waals surface area (Å²) in [5.41, 5.74) is 1.76. The molecule has 5 heteroatoms. The average Bonchev–Trinajstić information content (AvgIpc) is 2.74. The van der Waals surface area contributed by atoms with Crippen LogP contribution >= 0.6 is 11.3 Å². The van der Waals surface area contributed by atoms with Crippen molar-refractivity contribution in [2.45, 2.75) is 13.8 Å². The molecule has 3 aromatic rings. The van der Waals surface area contributed by atoms with E-state index in [4.69, 9.17) is 4.74 Å². The van der Waals surface area contributed by atoms with Crippen LogP contribution in [0.3, 0.4) is 0 Å². The number of aryl methyl sites for hydroxylation is 2. The molecule has 4 nitrogen and oxygen atoms in total. The van der Waals surface area contributed by atoms with Crippen molar-refractivity contribution < 1.29 is 4.74 Å². The summed E-state index contributed by atoms with van der Waals surface area (Å²) in [5.74, 6) is 1.31. The normalized spacial score (nSPS) is 10.9. The molecule has 0 amide bonds. The first-order chi connectivity index (χ1) is 9.60. The first-order valence-corrected chi connectivity index (χ1v) is 7.06. The van der Waals surface area contributed by atoms with Crippen molar-refractivity contribution in [3.63, 3.8) is 0 Å². The minimum Gasteiger partial charge on any atom is -0.497 e. The number of methoxy groups -OCH3 is 1. The number of aromatic nitrogens is 2. The van der Waals surface area contributed by atoms with E-state index in [2.05, 4.69) is 9.97 Å². The van der Waals surface area contributed by atoms with Gasteiger partial charge in [-0.25, -0.2) is 4.98 Å². The largest absolute Gasteiger partial charge is 0.497 e. The second kappa shape index (κ2) is 4.76. The third-order valence-electron chi connectivity index (χ3n) is 3.38. The fourth-order valence-corrected chi connectivity index (χ4v) is 3.19. The SMILES string of the molecule is COc1cccc(-c2nc3sc(C)c(C)c3c(=O)[nH]2)c1. The molecule has 0 bridgehead atoms. The van der Waals surface area contributed by atoms with Gasteiger partial charge in [-0.3, -0.25) is 4.79 Å². The number of hydrogen-bond acceptors (Lipinski definition) is 4. The van der Waals surface area contributed by atoms with Crippen molar-refractivity contribution in [3.05, 3.63) is 45.1 Å². The molecule has 0 atom stereocenters. The number of hydrogen-bond donors (Lipinski definition) is 1. The highest BCUT2D eigenvalue weighted by atomic mass is 32.1. The Balaban J connectivity index is 2.24. The number of thiophene rings is 1. The molecule has 1 N–H and O–H groups in total. The van der Waals surface area contributed by atoms with Crippen molar-refractivity contribution in [2.75, 3.05) is 7.11 Å². The third kappa shape index (κ3) is 2.00. The highest BCUT2D eigenvalue weighted by Crippen LogP contribution is 2.28. The van der Waals surface area contributed by atoms with E-state index >= 15 is 0 Å². The van der Waals surface area contributed by atoms with E-state index < -0.39 is 0 Å². The van der Waals surface area contributed by atoms with Crippen LogP contribution in [0.1, 0.15) is 10.4 Å². The third-order valence-corrected chi connectivity index (χ3v) is 4.48. The van der Waals surface area contributed by atoms with Gasteiger partial charge in [-0.05, 0) is 31.5 Å². The molecule has 20 heavy (non-hydrogen) atoms. The van der Waals surface area contributed by atoms with E-state index in [1.165, 1.54) is 0 Å². The quantitative estimate of drug-likeness (QED) is 0.786.